The molecule has 7 nitrogen and oxygen atoms in total. The lowest BCUT2D eigenvalue weighted by molar-refractivity contribution is -0.134. The van der Waals surface area contributed by atoms with Crippen molar-refractivity contribution in [1.29, 1.82) is 0 Å². The van der Waals surface area contributed by atoms with Crippen LogP contribution in [0.3, 0.4) is 0 Å². The van der Waals surface area contributed by atoms with Crippen LogP contribution in [0.15, 0.2) is 24.3 Å². The van der Waals surface area contributed by atoms with E-state index in [0.717, 1.165) is 5.69 Å². The highest BCUT2D eigenvalue weighted by atomic mass is 19.1. The third-order valence-electron chi connectivity index (χ3n) is 5.30. The van der Waals surface area contributed by atoms with Crippen molar-refractivity contribution < 1.29 is 29.1 Å². The van der Waals surface area contributed by atoms with Gasteiger partial charge in [-0.1, -0.05) is 13.8 Å². The summed E-state index contributed by atoms with van der Waals surface area (Å²) in [6.07, 6.45) is -0.267. The SMILES string of the molecule is CC(C)C[C@H](NC(=O)[C@@H](CC(=O)[C@@H]1CCN1c1ccc(F)cc1)C(C)O)B(O)O. The van der Waals surface area contributed by atoms with Crippen molar-refractivity contribution in [3.8, 4) is 0 Å². The number of rotatable bonds is 10. The smallest absolute Gasteiger partial charge is 0.426 e. The fraction of sp³-hybridized carbons (Fsp3) is 0.600. The van der Waals surface area contributed by atoms with Crippen LogP contribution in [0.4, 0.5) is 10.1 Å². The van der Waals surface area contributed by atoms with E-state index in [1.54, 1.807) is 12.1 Å². The Bertz CT molecular complexity index is 699. The number of benzene rings is 1. The molecule has 4 N–H and O–H groups in total. The Morgan fingerprint density at radius 1 is 1.24 bits per heavy atom. The highest BCUT2D eigenvalue weighted by molar-refractivity contribution is 6.43. The molecule has 4 atom stereocenters. The molecule has 0 saturated carbocycles. The van der Waals surface area contributed by atoms with Gasteiger partial charge in [-0.3, -0.25) is 9.59 Å². The highest BCUT2D eigenvalue weighted by Gasteiger charge is 2.38. The number of Topliss-reactive ketones (excluding diaryl/α,β-unsaturated/α-hetero) is 1. The predicted molar refractivity (Wildman–Crippen MR) is 109 cm³/mol. The minimum atomic E-state index is -1.73. The number of anilines is 1. The van der Waals surface area contributed by atoms with Crippen LogP contribution in [0.1, 0.15) is 40.0 Å². The Morgan fingerprint density at radius 2 is 1.86 bits per heavy atom. The summed E-state index contributed by atoms with van der Waals surface area (Å²) in [7, 11) is -1.73. The zero-order valence-corrected chi connectivity index (χ0v) is 17.1. The second-order valence-corrected chi connectivity index (χ2v) is 8.15. The maximum absolute atomic E-state index is 13.1. The molecule has 0 spiro atoms. The molecule has 2 rings (SSSR count). The van der Waals surface area contributed by atoms with Crippen molar-refractivity contribution in [2.24, 2.45) is 11.8 Å². The normalized spacial score (nSPS) is 19.3. The fourth-order valence-corrected chi connectivity index (χ4v) is 3.55. The van der Waals surface area contributed by atoms with E-state index in [9.17, 15) is 29.1 Å². The van der Waals surface area contributed by atoms with Gasteiger partial charge in [0.15, 0.2) is 5.78 Å². The van der Waals surface area contributed by atoms with E-state index in [-0.39, 0.29) is 23.9 Å². The molecule has 1 aromatic rings. The molecule has 0 radical (unpaired) electrons. The molecule has 1 aromatic carbocycles. The molecule has 29 heavy (non-hydrogen) atoms. The number of carbonyl (C=O) groups is 2. The van der Waals surface area contributed by atoms with Gasteiger partial charge >= 0.3 is 7.12 Å². The number of halogens is 1. The van der Waals surface area contributed by atoms with Crippen LogP contribution in [-0.4, -0.2) is 58.6 Å². The summed E-state index contributed by atoms with van der Waals surface area (Å²) in [4.78, 5) is 27.3. The van der Waals surface area contributed by atoms with Crippen LogP contribution < -0.4 is 10.2 Å². The molecule has 1 amide bonds. The van der Waals surface area contributed by atoms with Gasteiger partial charge in [0, 0.05) is 18.7 Å². The van der Waals surface area contributed by atoms with Crippen molar-refractivity contribution in [3.05, 3.63) is 30.1 Å². The first-order chi connectivity index (χ1) is 13.6. The topological polar surface area (TPSA) is 110 Å². The lowest BCUT2D eigenvalue weighted by Crippen LogP contribution is -2.55. The van der Waals surface area contributed by atoms with Gasteiger partial charge in [0.25, 0.3) is 0 Å². The summed E-state index contributed by atoms with van der Waals surface area (Å²) < 4.78 is 13.1. The fourth-order valence-electron chi connectivity index (χ4n) is 3.55. The number of hydrogen-bond acceptors (Lipinski definition) is 6. The lowest BCUT2D eigenvalue weighted by atomic mass is 9.74. The molecule has 1 saturated heterocycles. The lowest BCUT2D eigenvalue weighted by Gasteiger charge is -2.42. The molecule has 1 aliphatic rings. The maximum Gasteiger partial charge on any atom is 0.475 e. The first kappa shape index (κ1) is 23.3. The van der Waals surface area contributed by atoms with Gasteiger partial charge in [0.05, 0.1) is 24.0 Å². The molecule has 1 heterocycles. The first-order valence-corrected chi connectivity index (χ1v) is 9.99. The Balaban J connectivity index is 2.02. The van der Waals surface area contributed by atoms with Crippen LogP contribution in [-0.2, 0) is 9.59 Å². The Kier molecular flexibility index (Phi) is 8.18. The number of ketones is 1. The minimum absolute atomic E-state index is 0.118. The highest BCUT2D eigenvalue weighted by Crippen LogP contribution is 2.29. The molecule has 9 heteroatoms. The molecule has 1 aliphatic heterocycles. The van der Waals surface area contributed by atoms with Crippen molar-refractivity contribution in [3.63, 3.8) is 0 Å². The number of carbonyl (C=O) groups excluding carboxylic acids is 2. The van der Waals surface area contributed by atoms with Crippen LogP contribution >= 0.6 is 0 Å². The largest absolute Gasteiger partial charge is 0.475 e. The van der Waals surface area contributed by atoms with Crippen molar-refractivity contribution in [1.82, 2.24) is 5.32 Å². The van der Waals surface area contributed by atoms with Gasteiger partial charge in [0.2, 0.25) is 5.91 Å². The summed E-state index contributed by atoms with van der Waals surface area (Å²) >= 11 is 0. The molecule has 1 unspecified atom stereocenters. The zero-order valence-electron chi connectivity index (χ0n) is 17.1. The van der Waals surface area contributed by atoms with Crippen LogP contribution in [0.2, 0.25) is 0 Å². The van der Waals surface area contributed by atoms with Gasteiger partial charge in [0.1, 0.15) is 5.82 Å². The number of hydrogen-bond donors (Lipinski definition) is 4. The molecule has 0 aliphatic carbocycles. The molecular weight excluding hydrogens is 378 g/mol. The average Bonchev–Trinajstić information content (AvgIpc) is 2.59. The van der Waals surface area contributed by atoms with E-state index in [4.69, 9.17) is 0 Å². The third-order valence-corrected chi connectivity index (χ3v) is 5.30. The number of nitrogens with one attached hydrogen (secondary N) is 1. The second-order valence-electron chi connectivity index (χ2n) is 8.15. The summed E-state index contributed by atoms with van der Waals surface area (Å²) in [5.74, 6) is -2.88. The summed E-state index contributed by atoms with van der Waals surface area (Å²) in [5.41, 5.74) is 0.731. The molecular formula is C20H30BFN2O5. The van der Waals surface area contributed by atoms with E-state index in [1.807, 2.05) is 18.7 Å². The molecule has 0 aromatic heterocycles. The summed E-state index contributed by atoms with van der Waals surface area (Å²) in [5, 5.41) is 31.6. The number of nitrogens with zero attached hydrogens (tertiary/aromatic N) is 1. The predicted octanol–water partition coefficient (Wildman–Crippen LogP) is 0.903. The van der Waals surface area contributed by atoms with E-state index in [0.29, 0.717) is 19.4 Å². The standard InChI is InChI=1S/C20H30BFN2O5/c1-12(2)10-19(21(28)29)23-20(27)16(13(3)25)11-18(26)17-8-9-24(17)15-6-4-14(22)5-7-15/h4-7,12-13,16-17,19,25,28-29H,8-11H2,1-3H3,(H,23,27)/t13?,16-,17-,19-/m0/s1. The van der Waals surface area contributed by atoms with E-state index >= 15 is 0 Å². The number of aliphatic hydroxyl groups is 1. The van der Waals surface area contributed by atoms with Gasteiger partial charge in [-0.05, 0) is 49.9 Å². The van der Waals surface area contributed by atoms with Crippen LogP contribution in [0, 0.1) is 17.7 Å². The third kappa shape index (κ3) is 6.26. The van der Waals surface area contributed by atoms with Crippen molar-refractivity contribution >= 4 is 24.5 Å². The van der Waals surface area contributed by atoms with E-state index in [2.05, 4.69) is 5.32 Å². The Labute approximate surface area is 171 Å². The monoisotopic (exact) mass is 408 g/mol. The average molecular weight is 408 g/mol. The molecule has 0 bridgehead atoms. The molecule has 1 fully saturated rings. The van der Waals surface area contributed by atoms with Gasteiger partial charge in [-0.25, -0.2) is 4.39 Å². The Morgan fingerprint density at radius 3 is 2.31 bits per heavy atom. The van der Waals surface area contributed by atoms with Gasteiger partial charge in [-0.15, -0.1) is 0 Å². The number of aliphatic hydroxyl groups excluding tert-OH is 1. The Hall–Kier alpha value is -1.97. The summed E-state index contributed by atoms with van der Waals surface area (Å²) in [6, 6.07) is 5.44. The van der Waals surface area contributed by atoms with Gasteiger partial charge < -0.3 is 25.4 Å². The zero-order chi connectivity index (χ0) is 21.7. The number of amides is 1. The second kappa shape index (κ2) is 10.2. The van der Waals surface area contributed by atoms with Crippen LogP contribution in [0.5, 0.6) is 0 Å². The van der Waals surface area contributed by atoms with Crippen LogP contribution in [0.25, 0.3) is 0 Å². The first-order valence-electron chi connectivity index (χ1n) is 9.99. The van der Waals surface area contributed by atoms with Gasteiger partial charge in [-0.2, -0.15) is 0 Å². The summed E-state index contributed by atoms with van der Waals surface area (Å²) in [6.45, 7) is 5.86. The maximum atomic E-state index is 13.1. The van der Waals surface area contributed by atoms with E-state index in [1.165, 1.54) is 19.1 Å². The van der Waals surface area contributed by atoms with Crippen molar-refractivity contribution in [2.45, 2.75) is 58.1 Å². The van der Waals surface area contributed by atoms with Crippen molar-refractivity contribution in [2.75, 3.05) is 11.4 Å². The minimum Gasteiger partial charge on any atom is -0.426 e. The molecule has 160 valence electrons. The van der Waals surface area contributed by atoms with E-state index < -0.39 is 37.0 Å². The quantitative estimate of drug-likeness (QED) is 0.429.